The minimum absolute atomic E-state index is 0.273. The van der Waals surface area contributed by atoms with E-state index in [9.17, 15) is 0 Å². The van der Waals surface area contributed by atoms with Crippen molar-refractivity contribution in [2.24, 2.45) is 0 Å². The molecule has 0 spiro atoms. The van der Waals surface area contributed by atoms with Gasteiger partial charge in [0, 0.05) is 23.6 Å². The summed E-state index contributed by atoms with van der Waals surface area (Å²) in [6, 6.07) is 8.99. The molecule has 0 aliphatic carbocycles. The number of benzene rings is 1. The van der Waals surface area contributed by atoms with Crippen LogP contribution in [0.2, 0.25) is 10.0 Å². The zero-order chi connectivity index (χ0) is 13.9. The zero-order valence-corrected chi connectivity index (χ0v) is 11.6. The summed E-state index contributed by atoms with van der Waals surface area (Å²) in [5, 5.41) is 11.8. The predicted octanol–water partition coefficient (Wildman–Crippen LogP) is 4.18. The van der Waals surface area contributed by atoms with Crippen LogP contribution in [0.1, 0.15) is 0 Å². The van der Waals surface area contributed by atoms with Crippen molar-refractivity contribution in [2.75, 3.05) is 5.32 Å². The van der Waals surface area contributed by atoms with Gasteiger partial charge in [-0.2, -0.15) is 0 Å². The molecule has 20 heavy (non-hydrogen) atoms. The average Bonchev–Trinajstić information content (AvgIpc) is 2.92. The van der Waals surface area contributed by atoms with Gasteiger partial charge in [-0.25, -0.2) is 0 Å². The molecule has 2 aromatic heterocycles. The number of aromatic nitrogens is 3. The number of hydrogen-bond donors (Lipinski definition) is 1. The Balaban J connectivity index is 1.82. The van der Waals surface area contributed by atoms with Crippen LogP contribution in [0, 0.1) is 0 Å². The molecule has 100 valence electrons. The molecule has 2 heterocycles. The fraction of sp³-hybridized carbons (Fsp3) is 0. The minimum Gasteiger partial charge on any atom is -0.403 e. The van der Waals surface area contributed by atoms with Gasteiger partial charge in [-0.3, -0.25) is 4.98 Å². The Morgan fingerprint density at radius 2 is 1.75 bits per heavy atom. The normalized spacial score (nSPS) is 10.5. The summed E-state index contributed by atoms with van der Waals surface area (Å²) in [5.74, 6) is 0.412. The molecule has 0 amide bonds. The molecule has 0 radical (unpaired) electrons. The van der Waals surface area contributed by atoms with Crippen LogP contribution < -0.4 is 5.32 Å². The van der Waals surface area contributed by atoms with Gasteiger partial charge >= 0.3 is 6.01 Å². The molecule has 0 fully saturated rings. The van der Waals surface area contributed by atoms with E-state index >= 15 is 0 Å². The van der Waals surface area contributed by atoms with Crippen LogP contribution in [-0.4, -0.2) is 15.2 Å². The first-order valence-electron chi connectivity index (χ1n) is 5.68. The largest absolute Gasteiger partial charge is 0.403 e. The lowest BCUT2D eigenvalue weighted by Crippen LogP contribution is -1.90. The highest BCUT2D eigenvalue weighted by Crippen LogP contribution is 2.27. The third-order valence-corrected chi connectivity index (χ3v) is 3.26. The van der Waals surface area contributed by atoms with E-state index in [0.29, 0.717) is 21.6 Å². The molecular weight excluding hydrogens is 299 g/mol. The number of rotatable bonds is 3. The number of halogens is 2. The monoisotopic (exact) mass is 306 g/mol. The highest BCUT2D eigenvalue weighted by atomic mass is 35.5. The number of pyridine rings is 1. The Morgan fingerprint density at radius 3 is 2.50 bits per heavy atom. The van der Waals surface area contributed by atoms with Crippen molar-refractivity contribution < 1.29 is 4.42 Å². The minimum atomic E-state index is 0.273. The van der Waals surface area contributed by atoms with E-state index in [2.05, 4.69) is 20.5 Å². The summed E-state index contributed by atoms with van der Waals surface area (Å²) in [7, 11) is 0. The third-order valence-electron chi connectivity index (χ3n) is 2.52. The summed E-state index contributed by atoms with van der Waals surface area (Å²) < 4.78 is 5.51. The van der Waals surface area contributed by atoms with Crippen LogP contribution in [0.3, 0.4) is 0 Å². The lowest BCUT2D eigenvalue weighted by molar-refractivity contribution is 0.587. The van der Waals surface area contributed by atoms with Gasteiger partial charge < -0.3 is 9.73 Å². The summed E-state index contributed by atoms with van der Waals surface area (Å²) >= 11 is 11.8. The van der Waals surface area contributed by atoms with E-state index in [0.717, 1.165) is 5.56 Å². The first-order chi connectivity index (χ1) is 9.72. The SMILES string of the molecule is Clc1ccc(Nc2nnc(-c3ccncc3)o2)cc1Cl. The molecule has 1 N–H and O–H groups in total. The van der Waals surface area contributed by atoms with Crippen LogP contribution in [0.4, 0.5) is 11.7 Å². The Bertz CT molecular complexity index is 730. The van der Waals surface area contributed by atoms with Crippen molar-refractivity contribution in [2.45, 2.75) is 0 Å². The van der Waals surface area contributed by atoms with Crippen LogP contribution in [0.25, 0.3) is 11.5 Å². The van der Waals surface area contributed by atoms with Gasteiger partial charge in [-0.1, -0.05) is 28.3 Å². The molecule has 0 bridgehead atoms. The van der Waals surface area contributed by atoms with E-state index in [1.807, 2.05) is 0 Å². The Hall–Kier alpha value is -2.11. The first-order valence-corrected chi connectivity index (χ1v) is 6.44. The number of anilines is 2. The van der Waals surface area contributed by atoms with E-state index in [-0.39, 0.29) is 6.01 Å². The first kappa shape index (κ1) is 12.9. The molecule has 1 aromatic carbocycles. The van der Waals surface area contributed by atoms with Crippen molar-refractivity contribution in [1.82, 2.24) is 15.2 Å². The molecule has 0 atom stereocenters. The van der Waals surface area contributed by atoms with Crippen molar-refractivity contribution >= 4 is 34.9 Å². The molecule has 5 nitrogen and oxygen atoms in total. The van der Waals surface area contributed by atoms with Crippen molar-refractivity contribution in [1.29, 1.82) is 0 Å². The van der Waals surface area contributed by atoms with Crippen LogP contribution >= 0.6 is 23.2 Å². The fourth-order valence-corrected chi connectivity index (χ4v) is 1.88. The second-order valence-electron chi connectivity index (χ2n) is 3.90. The van der Waals surface area contributed by atoms with E-state index in [4.69, 9.17) is 27.6 Å². The maximum Gasteiger partial charge on any atom is 0.320 e. The van der Waals surface area contributed by atoms with Gasteiger partial charge in [0.1, 0.15) is 0 Å². The highest BCUT2D eigenvalue weighted by molar-refractivity contribution is 6.42. The molecule has 3 rings (SSSR count). The lowest BCUT2D eigenvalue weighted by atomic mass is 10.3. The van der Waals surface area contributed by atoms with Crippen molar-refractivity contribution in [3.63, 3.8) is 0 Å². The number of nitrogens with one attached hydrogen (secondary N) is 1. The molecule has 3 aromatic rings. The molecule has 7 heteroatoms. The molecule has 0 aliphatic heterocycles. The second-order valence-corrected chi connectivity index (χ2v) is 4.72. The Labute approximate surface area is 124 Å². The quantitative estimate of drug-likeness (QED) is 0.786. The average molecular weight is 307 g/mol. The van der Waals surface area contributed by atoms with E-state index < -0.39 is 0 Å². The third kappa shape index (κ3) is 2.74. The van der Waals surface area contributed by atoms with Crippen LogP contribution in [0.5, 0.6) is 0 Å². The summed E-state index contributed by atoms with van der Waals surface area (Å²) in [6.45, 7) is 0. The van der Waals surface area contributed by atoms with E-state index in [1.165, 1.54) is 0 Å². The van der Waals surface area contributed by atoms with Gasteiger partial charge in [-0.05, 0) is 30.3 Å². The molecular formula is C13H8Cl2N4O. The molecule has 0 unspecified atom stereocenters. The van der Waals surface area contributed by atoms with Gasteiger partial charge in [0.15, 0.2) is 0 Å². The summed E-state index contributed by atoms with van der Waals surface area (Å²) in [4.78, 5) is 3.93. The Kier molecular flexibility index (Phi) is 3.54. The maximum absolute atomic E-state index is 5.94. The van der Waals surface area contributed by atoms with E-state index in [1.54, 1.807) is 42.7 Å². The fourth-order valence-electron chi connectivity index (χ4n) is 1.58. The van der Waals surface area contributed by atoms with Gasteiger partial charge in [0.2, 0.25) is 5.89 Å². The lowest BCUT2D eigenvalue weighted by Gasteiger charge is -2.02. The van der Waals surface area contributed by atoms with Gasteiger partial charge in [0.25, 0.3) is 0 Å². The summed E-state index contributed by atoms with van der Waals surface area (Å²) in [5.41, 5.74) is 1.51. The number of nitrogens with zero attached hydrogens (tertiary/aromatic N) is 3. The van der Waals surface area contributed by atoms with Crippen molar-refractivity contribution in [3.8, 4) is 11.5 Å². The van der Waals surface area contributed by atoms with Crippen LogP contribution in [0.15, 0.2) is 47.1 Å². The van der Waals surface area contributed by atoms with Gasteiger partial charge in [-0.15, -0.1) is 5.10 Å². The van der Waals surface area contributed by atoms with Gasteiger partial charge in [0.05, 0.1) is 10.0 Å². The Morgan fingerprint density at radius 1 is 0.950 bits per heavy atom. The molecule has 0 aliphatic rings. The topological polar surface area (TPSA) is 63.8 Å². The second kappa shape index (κ2) is 5.48. The standard InChI is InChI=1S/C13H8Cl2N4O/c14-10-2-1-9(7-11(10)15)17-13-19-18-12(20-13)8-3-5-16-6-4-8/h1-7H,(H,17,19). The molecule has 0 saturated heterocycles. The maximum atomic E-state index is 5.94. The predicted molar refractivity (Wildman–Crippen MR) is 77.3 cm³/mol. The highest BCUT2D eigenvalue weighted by Gasteiger charge is 2.09. The molecule has 0 saturated carbocycles. The summed E-state index contributed by atoms with van der Waals surface area (Å²) in [6.07, 6.45) is 3.32. The van der Waals surface area contributed by atoms with Crippen molar-refractivity contribution in [3.05, 3.63) is 52.8 Å². The number of hydrogen-bond acceptors (Lipinski definition) is 5. The van der Waals surface area contributed by atoms with Crippen LogP contribution in [-0.2, 0) is 0 Å². The smallest absolute Gasteiger partial charge is 0.320 e. The zero-order valence-electron chi connectivity index (χ0n) is 10.0.